The predicted octanol–water partition coefficient (Wildman–Crippen LogP) is 17.7. The summed E-state index contributed by atoms with van der Waals surface area (Å²) in [6.07, 6.45) is 0. The molecule has 12 aromatic rings. The Balaban J connectivity index is 1.03. The number of anilines is 3. The minimum atomic E-state index is 1.10. The Kier molecular flexibility index (Phi) is 8.76. The number of hydrogen-bond acceptors (Lipinski definition) is 2. The van der Waals surface area contributed by atoms with Crippen LogP contribution in [-0.4, -0.2) is 0 Å². The Morgan fingerprint density at radius 1 is 0.274 bits per heavy atom. The van der Waals surface area contributed by atoms with Gasteiger partial charge in [-0.3, -0.25) is 0 Å². The van der Waals surface area contributed by atoms with Crippen LogP contribution in [0, 0.1) is 0 Å². The van der Waals surface area contributed by atoms with Crippen LogP contribution in [0.15, 0.2) is 237 Å². The van der Waals surface area contributed by atoms with Crippen LogP contribution in [0.5, 0.6) is 0 Å². The normalized spacial score (nSPS) is 11.5. The largest absolute Gasteiger partial charge is 0.309 e. The van der Waals surface area contributed by atoms with Crippen LogP contribution in [0.1, 0.15) is 0 Å². The van der Waals surface area contributed by atoms with Gasteiger partial charge in [0.15, 0.2) is 0 Å². The van der Waals surface area contributed by atoms with Crippen molar-refractivity contribution in [1.82, 2.24) is 0 Å². The van der Waals surface area contributed by atoms with Crippen molar-refractivity contribution in [2.45, 2.75) is 0 Å². The molecular formula is C60H39NS. The molecule has 2 heteroatoms. The smallest absolute Gasteiger partial charge is 0.0625 e. The van der Waals surface area contributed by atoms with Gasteiger partial charge >= 0.3 is 0 Å². The first kappa shape index (κ1) is 36.1. The molecular weight excluding hydrogens is 767 g/mol. The zero-order chi connectivity index (χ0) is 41.0. The zero-order valence-corrected chi connectivity index (χ0v) is 34.7. The van der Waals surface area contributed by atoms with Crippen molar-refractivity contribution in [2.75, 3.05) is 4.90 Å². The molecule has 0 amide bonds. The van der Waals surface area contributed by atoms with Crippen LogP contribution in [-0.2, 0) is 0 Å². The van der Waals surface area contributed by atoms with E-state index in [2.05, 4.69) is 241 Å². The van der Waals surface area contributed by atoms with Gasteiger partial charge in [-0.05, 0) is 96.2 Å². The average Bonchev–Trinajstić information content (AvgIpc) is 3.73. The molecule has 1 aromatic heterocycles. The van der Waals surface area contributed by atoms with Crippen LogP contribution in [0.3, 0.4) is 0 Å². The molecule has 0 spiro atoms. The summed E-state index contributed by atoms with van der Waals surface area (Å²) in [5, 5.41) is 9.99. The fourth-order valence-corrected chi connectivity index (χ4v) is 10.6. The van der Waals surface area contributed by atoms with Crippen molar-refractivity contribution in [3.63, 3.8) is 0 Å². The second-order valence-electron chi connectivity index (χ2n) is 16.0. The molecule has 0 unspecified atom stereocenters. The van der Waals surface area contributed by atoms with Gasteiger partial charge in [-0.2, -0.15) is 0 Å². The van der Waals surface area contributed by atoms with Gasteiger partial charge in [0.2, 0.25) is 0 Å². The fourth-order valence-electron chi connectivity index (χ4n) is 9.48. The summed E-state index contributed by atoms with van der Waals surface area (Å²) in [6.45, 7) is 0. The van der Waals surface area contributed by atoms with Gasteiger partial charge in [-0.1, -0.05) is 206 Å². The molecule has 0 aliphatic rings. The maximum absolute atomic E-state index is 2.52. The Labute approximate surface area is 365 Å². The standard InChI is InChI=1S/C60H39NS/c1-2-13-40(14-3-1)41-25-27-42(28-26-41)43-29-31-44(32-30-43)45-33-35-47(36-34-45)61(48-37-38-53-52-20-10-11-24-57(52)62-58(53)39-48)60-56-22-9-7-19-51(56)50-18-6-8-21-55(50)59(60)54-23-12-16-46-15-4-5-17-49(46)54/h1-39H. The molecule has 0 N–H and O–H groups in total. The Morgan fingerprint density at radius 2 is 0.726 bits per heavy atom. The number of fused-ring (bicyclic) bond motifs is 7. The van der Waals surface area contributed by atoms with E-state index in [4.69, 9.17) is 0 Å². The molecule has 0 aliphatic carbocycles. The molecule has 1 nitrogen and oxygen atoms in total. The highest BCUT2D eigenvalue weighted by molar-refractivity contribution is 7.25. The summed E-state index contributed by atoms with van der Waals surface area (Å²) < 4.78 is 2.58. The summed E-state index contributed by atoms with van der Waals surface area (Å²) in [5.41, 5.74) is 13.1. The van der Waals surface area contributed by atoms with E-state index in [0.717, 1.165) is 11.4 Å². The zero-order valence-electron chi connectivity index (χ0n) is 33.9. The lowest BCUT2D eigenvalue weighted by Crippen LogP contribution is -2.12. The molecule has 0 saturated heterocycles. The topological polar surface area (TPSA) is 3.24 Å². The van der Waals surface area contributed by atoms with E-state index in [1.54, 1.807) is 0 Å². The van der Waals surface area contributed by atoms with Gasteiger partial charge in [-0.15, -0.1) is 11.3 Å². The molecule has 290 valence electrons. The molecule has 0 bridgehead atoms. The van der Waals surface area contributed by atoms with Gasteiger partial charge < -0.3 is 4.90 Å². The number of benzene rings is 11. The number of thiophene rings is 1. The third kappa shape index (κ3) is 6.15. The van der Waals surface area contributed by atoms with E-state index < -0.39 is 0 Å². The predicted molar refractivity (Wildman–Crippen MR) is 268 cm³/mol. The molecule has 0 saturated carbocycles. The fraction of sp³-hybridized carbons (Fsp3) is 0. The van der Waals surface area contributed by atoms with Gasteiger partial charge in [-0.25, -0.2) is 0 Å². The Morgan fingerprint density at radius 3 is 1.39 bits per heavy atom. The van der Waals surface area contributed by atoms with Gasteiger partial charge in [0.1, 0.15) is 0 Å². The molecule has 0 radical (unpaired) electrons. The highest BCUT2D eigenvalue weighted by atomic mass is 32.1. The van der Waals surface area contributed by atoms with Crippen LogP contribution in [0.2, 0.25) is 0 Å². The van der Waals surface area contributed by atoms with Crippen molar-refractivity contribution in [2.24, 2.45) is 0 Å². The van der Waals surface area contributed by atoms with E-state index >= 15 is 0 Å². The van der Waals surface area contributed by atoms with Gasteiger partial charge in [0.05, 0.1) is 5.69 Å². The summed E-state index contributed by atoms with van der Waals surface area (Å²) in [5.74, 6) is 0. The number of rotatable bonds is 7. The Hall–Kier alpha value is -7.78. The number of nitrogens with zero attached hydrogens (tertiary/aromatic N) is 1. The lowest BCUT2D eigenvalue weighted by atomic mass is 9.88. The van der Waals surface area contributed by atoms with E-state index in [-0.39, 0.29) is 0 Å². The molecule has 62 heavy (non-hydrogen) atoms. The summed E-state index contributed by atoms with van der Waals surface area (Å²) in [4.78, 5) is 2.52. The van der Waals surface area contributed by atoms with Crippen molar-refractivity contribution in [3.8, 4) is 44.5 Å². The summed E-state index contributed by atoms with van der Waals surface area (Å²) in [6, 6.07) is 86.8. The van der Waals surface area contributed by atoms with E-state index in [9.17, 15) is 0 Å². The van der Waals surface area contributed by atoms with E-state index in [0.29, 0.717) is 0 Å². The Bertz CT molecular complexity index is 3600. The minimum Gasteiger partial charge on any atom is -0.309 e. The van der Waals surface area contributed by atoms with Crippen LogP contribution < -0.4 is 4.90 Å². The second-order valence-corrected chi connectivity index (χ2v) is 17.1. The van der Waals surface area contributed by atoms with E-state index in [1.807, 2.05) is 11.3 Å². The van der Waals surface area contributed by atoms with Crippen molar-refractivity contribution < 1.29 is 0 Å². The van der Waals surface area contributed by atoms with E-state index in [1.165, 1.54) is 103 Å². The monoisotopic (exact) mass is 805 g/mol. The third-order valence-electron chi connectivity index (χ3n) is 12.5. The lowest BCUT2D eigenvalue weighted by molar-refractivity contribution is 1.31. The first-order valence-corrected chi connectivity index (χ1v) is 22.1. The van der Waals surface area contributed by atoms with Crippen molar-refractivity contribution >= 4 is 80.9 Å². The van der Waals surface area contributed by atoms with Crippen molar-refractivity contribution in [1.29, 1.82) is 0 Å². The molecule has 12 rings (SSSR count). The quantitative estimate of drug-likeness (QED) is 0.145. The second kappa shape index (κ2) is 15.0. The van der Waals surface area contributed by atoms with Gasteiger partial charge in [0.25, 0.3) is 0 Å². The molecule has 11 aromatic carbocycles. The van der Waals surface area contributed by atoms with Crippen LogP contribution >= 0.6 is 11.3 Å². The van der Waals surface area contributed by atoms with Crippen molar-refractivity contribution in [3.05, 3.63) is 237 Å². The SMILES string of the molecule is c1ccc(-c2ccc(-c3ccc(-c4ccc(N(c5ccc6c(c5)sc5ccccc56)c5c(-c6cccc7ccccc67)c6ccccc6c6ccccc56)cc4)cc3)cc2)cc1. The molecule has 0 atom stereocenters. The average molecular weight is 806 g/mol. The maximum Gasteiger partial charge on any atom is 0.0625 e. The van der Waals surface area contributed by atoms with Crippen LogP contribution in [0.4, 0.5) is 17.1 Å². The first-order chi connectivity index (χ1) is 30.7. The molecule has 1 heterocycles. The molecule has 0 fully saturated rings. The van der Waals surface area contributed by atoms with Crippen LogP contribution in [0.25, 0.3) is 97.0 Å². The van der Waals surface area contributed by atoms with Gasteiger partial charge in [0, 0.05) is 42.5 Å². The summed E-state index contributed by atoms with van der Waals surface area (Å²) >= 11 is 1.86. The molecule has 0 aliphatic heterocycles. The summed E-state index contributed by atoms with van der Waals surface area (Å²) in [7, 11) is 0. The first-order valence-electron chi connectivity index (χ1n) is 21.2. The third-order valence-corrected chi connectivity index (χ3v) is 13.6. The highest BCUT2D eigenvalue weighted by Gasteiger charge is 2.25. The lowest BCUT2D eigenvalue weighted by Gasteiger charge is -2.31. The maximum atomic E-state index is 2.52. The highest BCUT2D eigenvalue weighted by Crippen LogP contribution is 2.51. The minimum absolute atomic E-state index is 1.10. The number of hydrogen-bond donors (Lipinski definition) is 0.